The number of unbranched alkanes of at least 4 members (excludes halogenated alkanes) is 1. The minimum absolute atomic E-state index is 0.136. The van der Waals surface area contributed by atoms with Crippen molar-refractivity contribution >= 4 is 29.3 Å². The van der Waals surface area contributed by atoms with Gasteiger partial charge in [-0.1, -0.05) is 110 Å². The first-order valence-corrected chi connectivity index (χ1v) is 13.4. The third kappa shape index (κ3) is 6.36. The van der Waals surface area contributed by atoms with Crippen LogP contribution in [0, 0.1) is 0 Å². The number of hydrogen-bond acceptors (Lipinski definition) is 3. The third-order valence-corrected chi connectivity index (χ3v) is 7.11. The molecule has 0 fully saturated rings. The van der Waals surface area contributed by atoms with Crippen LogP contribution in [0.1, 0.15) is 36.5 Å². The number of aromatic nitrogens is 2. The number of halogens is 1. The van der Waals surface area contributed by atoms with Crippen molar-refractivity contribution in [3.63, 3.8) is 0 Å². The van der Waals surface area contributed by atoms with Gasteiger partial charge >= 0.3 is 0 Å². The molecule has 6 heteroatoms. The molecule has 180 valence electrons. The fraction of sp³-hybridized carbons (Fsp3) is 0.241. The fourth-order valence-corrected chi connectivity index (χ4v) is 5.12. The van der Waals surface area contributed by atoms with Crippen molar-refractivity contribution in [2.45, 2.75) is 37.9 Å². The summed E-state index contributed by atoms with van der Waals surface area (Å²) in [6.45, 7) is 3.72. The standard InChI is InChI=1S/C29H30ClN3OS/c1-2-3-20-33-27(23-15-8-5-9-16-23)26(22-13-6-4-7-14-22)32-29(33)35-21-12-19-31-28(34)24-17-10-11-18-25(24)30/h4-11,13-18H,2-3,12,19-21H2,1H3,(H,31,34). The first-order chi connectivity index (χ1) is 17.2. The van der Waals surface area contributed by atoms with Crippen LogP contribution in [0.5, 0.6) is 0 Å². The molecule has 0 aliphatic heterocycles. The van der Waals surface area contributed by atoms with Crippen LogP contribution in [0.2, 0.25) is 5.02 Å². The lowest BCUT2D eigenvalue weighted by Crippen LogP contribution is -2.25. The van der Waals surface area contributed by atoms with E-state index in [1.54, 1.807) is 23.9 Å². The molecule has 1 amide bonds. The Morgan fingerprint density at radius 3 is 2.26 bits per heavy atom. The largest absolute Gasteiger partial charge is 0.352 e. The Morgan fingerprint density at radius 2 is 1.57 bits per heavy atom. The highest BCUT2D eigenvalue weighted by Crippen LogP contribution is 2.36. The van der Waals surface area contributed by atoms with E-state index >= 15 is 0 Å². The molecule has 0 bridgehead atoms. The minimum atomic E-state index is -0.136. The van der Waals surface area contributed by atoms with Crippen molar-refractivity contribution < 1.29 is 4.79 Å². The van der Waals surface area contributed by atoms with E-state index in [9.17, 15) is 4.79 Å². The molecule has 1 N–H and O–H groups in total. The van der Waals surface area contributed by atoms with Crippen LogP contribution < -0.4 is 5.32 Å². The molecule has 0 aliphatic carbocycles. The summed E-state index contributed by atoms with van der Waals surface area (Å²) in [5.74, 6) is 0.719. The predicted octanol–water partition coefficient (Wildman–Crippen LogP) is 7.58. The monoisotopic (exact) mass is 503 g/mol. The molecule has 35 heavy (non-hydrogen) atoms. The summed E-state index contributed by atoms with van der Waals surface area (Å²) in [7, 11) is 0. The van der Waals surface area contributed by atoms with Gasteiger partial charge in [-0.05, 0) is 25.0 Å². The van der Waals surface area contributed by atoms with Gasteiger partial charge in [0.1, 0.15) is 0 Å². The molecule has 1 aromatic heterocycles. The van der Waals surface area contributed by atoms with Gasteiger partial charge in [0.05, 0.1) is 22.0 Å². The maximum atomic E-state index is 12.4. The number of benzene rings is 3. The topological polar surface area (TPSA) is 46.9 Å². The number of imidazole rings is 1. The summed E-state index contributed by atoms with van der Waals surface area (Å²) < 4.78 is 2.37. The van der Waals surface area contributed by atoms with Gasteiger partial charge in [0, 0.05) is 30.0 Å². The summed E-state index contributed by atoms with van der Waals surface area (Å²) in [5.41, 5.74) is 4.99. The average molecular weight is 504 g/mol. The van der Waals surface area contributed by atoms with Crippen molar-refractivity contribution in [3.05, 3.63) is 95.5 Å². The molecule has 0 saturated heterocycles. The van der Waals surface area contributed by atoms with Gasteiger partial charge in [0.25, 0.3) is 5.91 Å². The maximum Gasteiger partial charge on any atom is 0.252 e. The number of carbonyl (C=O) groups is 1. The van der Waals surface area contributed by atoms with Gasteiger partial charge in [-0.25, -0.2) is 4.98 Å². The van der Waals surface area contributed by atoms with Gasteiger partial charge < -0.3 is 9.88 Å². The predicted molar refractivity (Wildman–Crippen MR) is 147 cm³/mol. The molecular formula is C29H30ClN3OS. The van der Waals surface area contributed by atoms with E-state index in [1.165, 1.54) is 11.3 Å². The minimum Gasteiger partial charge on any atom is -0.352 e. The molecule has 1 heterocycles. The molecule has 4 rings (SSSR count). The second-order valence-electron chi connectivity index (χ2n) is 8.27. The molecule has 0 spiro atoms. The highest BCUT2D eigenvalue weighted by atomic mass is 35.5. The van der Waals surface area contributed by atoms with Crippen LogP contribution in [-0.4, -0.2) is 27.8 Å². The van der Waals surface area contributed by atoms with Crippen molar-refractivity contribution in [2.75, 3.05) is 12.3 Å². The molecular weight excluding hydrogens is 474 g/mol. The number of rotatable bonds is 11. The highest BCUT2D eigenvalue weighted by Gasteiger charge is 2.20. The van der Waals surface area contributed by atoms with Crippen molar-refractivity contribution in [3.8, 4) is 22.5 Å². The zero-order valence-corrected chi connectivity index (χ0v) is 21.5. The van der Waals surface area contributed by atoms with Gasteiger partial charge in [-0.15, -0.1) is 0 Å². The summed E-state index contributed by atoms with van der Waals surface area (Å²) in [6.07, 6.45) is 3.04. The fourth-order valence-electron chi connectivity index (χ4n) is 3.93. The second kappa shape index (κ2) is 12.6. The van der Waals surface area contributed by atoms with Crippen LogP contribution >= 0.6 is 23.4 Å². The van der Waals surface area contributed by atoms with E-state index in [0.29, 0.717) is 17.1 Å². The molecule has 3 aromatic carbocycles. The van der Waals surface area contributed by atoms with Crippen LogP contribution in [0.4, 0.5) is 0 Å². The molecule has 0 saturated carbocycles. The Labute approximate surface area is 216 Å². The number of nitrogens with one attached hydrogen (secondary N) is 1. The van der Waals surface area contributed by atoms with E-state index < -0.39 is 0 Å². The lowest BCUT2D eigenvalue weighted by atomic mass is 10.0. The quantitative estimate of drug-likeness (QED) is 0.169. The smallest absolute Gasteiger partial charge is 0.252 e. The Hall–Kier alpha value is -3.02. The summed E-state index contributed by atoms with van der Waals surface area (Å²) in [4.78, 5) is 17.5. The maximum absolute atomic E-state index is 12.4. The Kier molecular flexibility index (Phi) is 9.04. The zero-order valence-electron chi connectivity index (χ0n) is 19.9. The van der Waals surface area contributed by atoms with Crippen LogP contribution in [0.25, 0.3) is 22.5 Å². The van der Waals surface area contributed by atoms with Crippen LogP contribution in [0.15, 0.2) is 90.1 Å². The number of amides is 1. The number of thioether (sulfide) groups is 1. The van der Waals surface area contributed by atoms with Crippen LogP contribution in [-0.2, 0) is 6.54 Å². The van der Waals surface area contributed by atoms with Gasteiger partial charge in [-0.2, -0.15) is 0 Å². The zero-order chi connectivity index (χ0) is 24.5. The van der Waals surface area contributed by atoms with E-state index in [4.69, 9.17) is 16.6 Å². The first-order valence-electron chi connectivity index (χ1n) is 12.1. The summed E-state index contributed by atoms with van der Waals surface area (Å²) >= 11 is 7.89. The lowest BCUT2D eigenvalue weighted by Gasteiger charge is -2.13. The molecule has 4 aromatic rings. The summed E-state index contributed by atoms with van der Waals surface area (Å²) in [5, 5.41) is 4.47. The molecule has 4 nitrogen and oxygen atoms in total. The normalized spacial score (nSPS) is 10.9. The SMILES string of the molecule is CCCCn1c(SCCCNC(=O)c2ccccc2Cl)nc(-c2ccccc2)c1-c1ccccc1. The van der Waals surface area contributed by atoms with Crippen molar-refractivity contribution in [1.82, 2.24) is 14.9 Å². The number of nitrogens with zero attached hydrogens (tertiary/aromatic N) is 2. The van der Waals surface area contributed by atoms with Crippen molar-refractivity contribution in [2.24, 2.45) is 0 Å². The Morgan fingerprint density at radius 1 is 0.914 bits per heavy atom. The van der Waals surface area contributed by atoms with Gasteiger partial charge in [0.2, 0.25) is 0 Å². The molecule has 0 unspecified atom stereocenters. The Bertz CT molecular complexity index is 1240. The number of hydrogen-bond donors (Lipinski definition) is 1. The molecule has 0 radical (unpaired) electrons. The highest BCUT2D eigenvalue weighted by molar-refractivity contribution is 7.99. The van der Waals surface area contributed by atoms with Crippen LogP contribution in [0.3, 0.4) is 0 Å². The third-order valence-electron chi connectivity index (χ3n) is 5.72. The second-order valence-corrected chi connectivity index (χ2v) is 9.74. The van der Waals surface area contributed by atoms with E-state index in [-0.39, 0.29) is 5.91 Å². The molecule has 0 atom stereocenters. The lowest BCUT2D eigenvalue weighted by molar-refractivity contribution is 0.0954. The number of carbonyl (C=O) groups excluding carboxylic acids is 1. The molecule has 0 aliphatic rings. The summed E-state index contributed by atoms with van der Waals surface area (Å²) in [6, 6.07) is 28.0. The van der Waals surface area contributed by atoms with Gasteiger partial charge in [-0.3, -0.25) is 4.79 Å². The van der Waals surface area contributed by atoms with E-state index in [2.05, 4.69) is 65.3 Å². The average Bonchev–Trinajstić information content (AvgIpc) is 3.26. The Balaban J connectivity index is 1.51. The van der Waals surface area contributed by atoms with Crippen molar-refractivity contribution in [1.29, 1.82) is 0 Å². The first kappa shape index (κ1) is 25.1. The van der Waals surface area contributed by atoms with Gasteiger partial charge in [0.15, 0.2) is 5.16 Å². The van der Waals surface area contributed by atoms with E-state index in [1.807, 2.05) is 24.3 Å². The van der Waals surface area contributed by atoms with E-state index in [0.717, 1.165) is 48.0 Å².